The van der Waals surface area contributed by atoms with Gasteiger partial charge < -0.3 is 5.11 Å². The standard InChI is InChI=1S/C11H8ClFN2O4S2/c1-5-4-20-11(14-5)15-21(18,19)8-3-6(12)2-7(9(8)13)10(16)17/h2-4H,1H3,(H,14,15)(H,16,17). The Hall–Kier alpha value is -1.71. The molecular formula is C11H8ClFN2O4S2. The van der Waals surface area contributed by atoms with E-state index in [1.165, 1.54) is 0 Å². The van der Waals surface area contributed by atoms with Crippen molar-refractivity contribution in [3.8, 4) is 0 Å². The summed E-state index contributed by atoms with van der Waals surface area (Å²) >= 11 is 6.66. The second-order valence-corrected chi connectivity index (χ2v) is 6.92. The fraction of sp³-hybridized carbons (Fsp3) is 0.0909. The Balaban J connectivity index is 2.52. The molecule has 0 saturated carbocycles. The van der Waals surface area contributed by atoms with Gasteiger partial charge in [-0.3, -0.25) is 4.72 Å². The first-order valence-electron chi connectivity index (χ1n) is 5.38. The number of hydrogen-bond donors (Lipinski definition) is 2. The van der Waals surface area contributed by atoms with E-state index in [1.807, 2.05) is 0 Å². The Morgan fingerprint density at radius 3 is 2.67 bits per heavy atom. The molecule has 0 fully saturated rings. The number of benzene rings is 1. The summed E-state index contributed by atoms with van der Waals surface area (Å²) in [6, 6.07) is 1.68. The highest BCUT2D eigenvalue weighted by molar-refractivity contribution is 7.93. The van der Waals surface area contributed by atoms with Crippen LogP contribution in [0.2, 0.25) is 5.02 Å². The first kappa shape index (κ1) is 15.7. The van der Waals surface area contributed by atoms with Gasteiger partial charge in [-0.25, -0.2) is 22.6 Å². The number of nitrogens with zero attached hydrogens (tertiary/aromatic N) is 1. The molecule has 0 radical (unpaired) electrons. The second kappa shape index (κ2) is 5.58. The van der Waals surface area contributed by atoms with Gasteiger partial charge in [-0.15, -0.1) is 11.3 Å². The molecule has 0 spiro atoms. The van der Waals surface area contributed by atoms with Gasteiger partial charge in [-0.1, -0.05) is 11.6 Å². The van der Waals surface area contributed by atoms with Gasteiger partial charge in [0.1, 0.15) is 4.90 Å². The minimum Gasteiger partial charge on any atom is -0.478 e. The van der Waals surface area contributed by atoms with E-state index in [4.69, 9.17) is 16.7 Å². The van der Waals surface area contributed by atoms with Gasteiger partial charge in [0.15, 0.2) is 10.9 Å². The third-order valence-corrected chi connectivity index (χ3v) is 4.93. The maximum absolute atomic E-state index is 14.0. The van der Waals surface area contributed by atoms with Crippen molar-refractivity contribution in [3.05, 3.63) is 39.6 Å². The normalized spacial score (nSPS) is 11.4. The summed E-state index contributed by atoms with van der Waals surface area (Å²) in [5.41, 5.74) is -0.228. The van der Waals surface area contributed by atoms with E-state index in [0.717, 1.165) is 23.5 Å². The maximum Gasteiger partial charge on any atom is 0.338 e. The van der Waals surface area contributed by atoms with Gasteiger partial charge in [0.05, 0.1) is 11.3 Å². The number of sulfonamides is 1. The van der Waals surface area contributed by atoms with Gasteiger partial charge in [-0.2, -0.15) is 0 Å². The molecule has 0 bridgehead atoms. The van der Waals surface area contributed by atoms with Crippen LogP contribution in [0.3, 0.4) is 0 Å². The van der Waals surface area contributed by atoms with Crippen molar-refractivity contribution in [1.29, 1.82) is 0 Å². The Morgan fingerprint density at radius 2 is 2.14 bits per heavy atom. The lowest BCUT2D eigenvalue weighted by atomic mass is 10.2. The summed E-state index contributed by atoms with van der Waals surface area (Å²) in [5.74, 6) is -3.00. The quantitative estimate of drug-likeness (QED) is 0.883. The van der Waals surface area contributed by atoms with E-state index in [2.05, 4.69) is 9.71 Å². The van der Waals surface area contributed by atoms with Crippen LogP contribution in [0.15, 0.2) is 22.4 Å². The molecule has 6 nitrogen and oxygen atoms in total. The van der Waals surface area contributed by atoms with E-state index in [9.17, 15) is 17.6 Å². The number of aromatic carboxylic acids is 1. The zero-order valence-electron chi connectivity index (χ0n) is 10.4. The number of thiazole rings is 1. The number of hydrogen-bond acceptors (Lipinski definition) is 5. The molecule has 10 heteroatoms. The summed E-state index contributed by atoms with van der Waals surface area (Å²) < 4.78 is 40.4. The molecule has 1 aromatic heterocycles. The molecule has 0 saturated heterocycles. The van der Waals surface area contributed by atoms with Crippen LogP contribution in [0.5, 0.6) is 0 Å². The summed E-state index contributed by atoms with van der Waals surface area (Å²) in [7, 11) is -4.33. The Labute approximate surface area is 128 Å². The minimum absolute atomic E-state index is 0.0451. The van der Waals surface area contributed by atoms with Crippen molar-refractivity contribution < 1.29 is 22.7 Å². The molecule has 1 heterocycles. The van der Waals surface area contributed by atoms with Crippen LogP contribution < -0.4 is 4.72 Å². The fourth-order valence-corrected chi connectivity index (χ4v) is 3.84. The number of anilines is 1. The molecule has 2 N–H and O–H groups in total. The van der Waals surface area contributed by atoms with Gasteiger partial charge in [-0.05, 0) is 19.1 Å². The Kier molecular flexibility index (Phi) is 4.17. The highest BCUT2D eigenvalue weighted by Crippen LogP contribution is 2.26. The highest BCUT2D eigenvalue weighted by atomic mass is 35.5. The fourth-order valence-electron chi connectivity index (χ4n) is 1.49. The average Bonchev–Trinajstić information content (AvgIpc) is 2.76. The molecule has 0 amide bonds. The van der Waals surface area contributed by atoms with E-state index >= 15 is 0 Å². The molecule has 0 atom stereocenters. The second-order valence-electron chi connectivity index (χ2n) is 3.97. The van der Waals surface area contributed by atoms with E-state index < -0.39 is 32.3 Å². The van der Waals surface area contributed by atoms with Crippen molar-refractivity contribution >= 4 is 44.1 Å². The highest BCUT2D eigenvalue weighted by Gasteiger charge is 2.26. The van der Waals surface area contributed by atoms with Crippen LogP contribution >= 0.6 is 22.9 Å². The molecule has 2 aromatic rings. The molecule has 112 valence electrons. The van der Waals surface area contributed by atoms with Crippen LogP contribution in [0, 0.1) is 12.7 Å². The molecule has 1 aromatic carbocycles. The zero-order valence-corrected chi connectivity index (χ0v) is 12.8. The van der Waals surface area contributed by atoms with E-state index in [1.54, 1.807) is 12.3 Å². The summed E-state index contributed by atoms with van der Waals surface area (Å²) in [4.78, 5) is 13.9. The molecule has 21 heavy (non-hydrogen) atoms. The summed E-state index contributed by atoms with van der Waals surface area (Å²) in [6.45, 7) is 1.66. The number of aryl methyl sites for hydroxylation is 1. The maximum atomic E-state index is 14.0. The lowest BCUT2D eigenvalue weighted by Crippen LogP contribution is -2.16. The number of carboxylic acids is 1. The van der Waals surface area contributed by atoms with E-state index in [0.29, 0.717) is 5.69 Å². The average molecular weight is 351 g/mol. The number of aromatic nitrogens is 1. The number of carboxylic acid groups (broad SMARTS) is 1. The van der Waals surface area contributed by atoms with Crippen molar-refractivity contribution in [2.75, 3.05) is 4.72 Å². The predicted molar refractivity (Wildman–Crippen MR) is 76.0 cm³/mol. The van der Waals surface area contributed by atoms with Gasteiger partial charge in [0.25, 0.3) is 10.0 Å². The minimum atomic E-state index is -4.33. The summed E-state index contributed by atoms with van der Waals surface area (Å²) in [5, 5.41) is 10.3. The van der Waals surface area contributed by atoms with Crippen molar-refractivity contribution in [3.63, 3.8) is 0 Å². The molecule has 2 rings (SSSR count). The largest absolute Gasteiger partial charge is 0.478 e. The Morgan fingerprint density at radius 1 is 1.48 bits per heavy atom. The Bertz CT molecular complexity index is 820. The smallest absolute Gasteiger partial charge is 0.338 e. The zero-order chi connectivity index (χ0) is 15.8. The van der Waals surface area contributed by atoms with Gasteiger partial charge in [0.2, 0.25) is 0 Å². The van der Waals surface area contributed by atoms with Crippen LogP contribution in [-0.4, -0.2) is 24.5 Å². The molecular weight excluding hydrogens is 343 g/mol. The molecule has 0 aliphatic carbocycles. The van der Waals surface area contributed by atoms with Gasteiger partial charge >= 0.3 is 5.97 Å². The number of carbonyl (C=O) groups is 1. The van der Waals surface area contributed by atoms with Crippen molar-refractivity contribution in [1.82, 2.24) is 4.98 Å². The van der Waals surface area contributed by atoms with Crippen molar-refractivity contribution in [2.24, 2.45) is 0 Å². The first-order valence-corrected chi connectivity index (χ1v) is 8.12. The first-order chi connectivity index (χ1) is 9.70. The topological polar surface area (TPSA) is 96.4 Å². The lowest BCUT2D eigenvalue weighted by Gasteiger charge is -2.08. The molecule has 0 aliphatic heterocycles. The third kappa shape index (κ3) is 3.31. The number of rotatable bonds is 4. The SMILES string of the molecule is Cc1csc(NS(=O)(=O)c2cc(Cl)cc(C(=O)O)c2F)n1. The third-order valence-electron chi connectivity index (χ3n) is 2.36. The molecule has 0 unspecified atom stereocenters. The van der Waals surface area contributed by atoms with Crippen LogP contribution in [-0.2, 0) is 10.0 Å². The monoisotopic (exact) mass is 350 g/mol. The number of halogens is 2. The van der Waals surface area contributed by atoms with Crippen LogP contribution in [0.4, 0.5) is 9.52 Å². The molecule has 0 aliphatic rings. The van der Waals surface area contributed by atoms with E-state index in [-0.39, 0.29) is 10.2 Å². The number of nitrogens with one attached hydrogen (secondary N) is 1. The van der Waals surface area contributed by atoms with Crippen LogP contribution in [0.1, 0.15) is 16.1 Å². The van der Waals surface area contributed by atoms with Crippen LogP contribution in [0.25, 0.3) is 0 Å². The lowest BCUT2D eigenvalue weighted by molar-refractivity contribution is 0.0691. The van der Waals surface area contributed by atoms with Gasteiger partial charge in [0, 0.05) is 10.4 Å². The predicted octanol–water partition coefficient (Wildman–Crippen LogP) is 2.74. The summed E-state index contributed by atoms with van der Waals surface area (Å²) in [6.07, 6.45) is 0. The van der Waals surface area contributed by atoms with Crippen molar-refractivity contribution in [2.45, 2.75) is 11.8 Å².